The Morgan fingerprint density at radius 3 is 2.72 bits per heavy atom. The number of thiophene rings is 1. The van der Waals surface area contributed by atoms with Crippen LogP contribution in [0.4, 0.5) is 0 Å². The Bertz CT molecular complexity index is 1060. The van der Waals surface area contributed by atoms with Gasteiger partial charge in [0.1, 0.15) is 0 Å². The highest BCUT2D eigenvalue weighted by Crippen LogP contribution is 2.45. The number of fused-ring (bicyclic) bond motifs is 1. The number of nitrogens with zero attached hydrogens (tertiary/aromatic N) is 1. The van der Waals surface area contributed by atoms with Gasteiger partial charge < -0.3 is 10.5 Å². The van der Waals surface area contributed by atoms with E-state index >= 15 is 0 Å². The average molecular weight is 467 g/mol. The predicted octanol–water partition coefficient (Wildman–Crippen LogP) is 6.61. The van der Waals surface area contributed by atoms with Crippen LogP contribution in [-0.4, -0.2) is 22.6 Å². The van der Waals surface area contributed by atoms with E-state index in [0.717, 1.165) is 32.9 Å². The van der Waals surface area contributed by atoms with Crippen molar-refractivity contribution in [2.24, 2.45) is 10.6 Å². The van der Waals surface area contributed by atoms with Crippen LogP contribution in [0.2, 0.25) is 0 Å². The average Bonchev–Trinajstić information content (AvgIpc) is 3.13. The monoisotopic (exact) mass is 466 g/mol. The summed E-state index contributed by atoms with van der Waals surface area (Å²) in [5.74, 6) is 0.623. The number of carbonyl (C=O) groups excluding carboxylic acids is 1. The summed E-state index contributed by atoms with van der Waals surface area (Å²) in [6.07, 6.45) is 9.35. The lowest BCUT2D eigenvalue weighted by Gasteiger charge is -2.31. The first kappa shape index (κ1) is 24.1. The standard InChI is InChI=1S/C26H30N2O2S2/c1-5-6-8-11-18(2)17-31-25-22-20(14-26(3,4)15-21(22)28-30)23(32-25)24(29)27-16-19-12-9-7-10-13-19/h5-13,30H,2,14-17H2,1,3-4H3,(H,27,29)/b6-5-,11-8-,28-21+. The largest absolute Gasteiger partial charge is 0.411 e. The Hall–Kier alpha value is -2.57. The highest BCUT2D eigenvalue weighted by atomic mass is 32.2. The molecule has 0 radical (unpaired) electrons. The van der Waals surface area contributed by atoms with Gasteiger partial charge in [-0.25, -0.2) is 0 Å². The van der Waals surface area contributed by atoms with Crippen molar-refractivity contribution in [3.05, 3.63) is 88.4 Å². The first-order chi connectivity index (χ1) is 15.3. The number of allylic oxidation sites excluding steroid dienone is 4. The van der Waals surface area contributed by atoms with Gasteiger partial charge in [-0.3, -0.25) is 4.79 Å². The fourth-order valence-corrected chi connectivity index (χ4v) is 6.17. The predicted molar refractivity (Wildman–Crippen MR) is 136 cm³/mol. The van der Waals surface area contributed by atoms with Gasteiger partial charge in [0.05, 0.1) is 14.8 Å². The minimum atomic E-state index is -0.0799. The number of carbonyl (C=O) groups is 1. The SMILES string of the molecule is C=C(/C=C\C=C/C)CSc1sc(C(=O)NCc2ccccc2)c2c1/C(=N/O)CC(C)(C)C2. The maximum absolute atomic E-state index is 13.2. The summed E-state index contributed by atoms with van der Waals surface area (Å²) < 4.78 is 1.01. The quantitative estimate of drug-likeness (QED) is 0.199. The van der Waals surface area contributed by atoms with Gasteiger partial charge in [0, 0.05) is 17.9 Å². The molecule has 0 fully saturated rings. The molecule has 2 N–H and O–H groups in total. The maximum atomic E-state index is 13.2. The lowest BCUT2D eigenvalue weighted by atomic mass is 9.74. The molecular formula is C26H30N2O2S2. The van der Waals surface area contributed by atoms with Crippen LogP contribution in [0.25, 0.3) is 0 Å². The first-order valence-corrected chi connectivity index (χ1v) is 12.4. The summed E-state index contributed by atoms with van der Waals surface area (Å²) >= 11 is 3.13. The van der Waals surface area contributed by atoms with Crippen molar-refractivity contribution in [2.45, 2.75) is 44.4 Å². The van der Waals surface area contributed by atoms with Gasteiger partial charge in [-0.15, -0.1) is 23.1 Å². The molecule has 1 aliphatic carbocycles. The van der Waals surface area contributed by atoms with Gasteiger partial charge in [-0.2, -0.15) is 0 Å². The number of hydrogen-bond donors (Lipinski definition) is 2. The fraction of sp³-hybridized carbons (Fsp3) is 0.308. The van der Waals surface area contributed by atoms with Gasteiger partial charge >= 0.3 is 0 Å². The molecule has 4 nitrogen and oxygen atoms in total. The maximum Gasteiger partial charge on any atom is 0.261 e. The van der Waals surface area contributed by atoms with Crippen LogP contribution < -0.4 is 5.32 Å². The van der Waals surface area contributed by atoms with Crippen LogP contribution in [0.1, 0.15) is 53.6 Å². The number of nitrogens with one attached hydrogen (secondary N) is 1. The third kappa shape index (κ3) is 6.02. The smallest absolute Gasteiger partial charge is 0.261 e. The molecule has 1 heterocycles. The zero-order chi connectivity index (χ0) is 23.1. The minimum Gasteiger partial charge on any atom is -0.411 e. The number of rotatable bonds is 8. The van der Waals surface area contributed by atoms with Crippen molar-refractivity contribution in [2.75, 3.05) is 5.75 Å². The number of amides is 1. The van der Waals surface area contributed by atoms with Crippen LogP contribution in [0.3, 0.4) is 0 Å². The summed E-state index contributed by atoms with van der Waals surface area (Å²) in [6, 6.07) is 9.89. The van der Waals surface area contributed by atoms with E-state index in [1.165, 1.54) is 11.3 Å². The molecule has 0 spiro atoms. The van der Waals surface area contributed by atoms with Crippen molar-refractivity contribution < 1.29 is 10.0 Å². The highest BCUT2D eigenvalue weighted by molar-refractivity contribution is 8.01. The highest BCUT2D eigenvalue weighted by Gasteiger charge is 2.36. The van der Waals surface area contributed by atoms with E-state index < -0.39 is 0 Å². The molecule has 0 saturated heterocycles. The van der Waals surface area contributed by atoms with Crippen molar-refractivity contribution in [3.8, 4) is 0 Å². The van der Waals surface area contributed by atoms with Crippen molar-refractivity contribution in [1.29, 1.82) is 0 Å². The minimum absolute atomic E-state index is 0.0785. The third-order valence-electron chi connectivity index (χ3n) is 5.21. The van der Waals surface area contributed by atoms with Crippen molar-refractivity contribution >= 4 is 34.7 Å². The molecule has 0 bridgehead atoms. The van der Waals surface area contributed by atoms with Gasteiger partial charge in [0.2, 0.25) is 0 Å². The molecule has 1 aromatic heterocycles. The molecule has 32 heavy (non-hydrogen) atoms. The molecular weight excluding hydrogens is 436 g/mol. The molecule has 1 amide bonds. The van der Waals surface area contributed by atoms with Crippen LogP contribution in [0.15, 0.2) is 76.2 Å². The topological polar surface area (TPSA) is 61.7 Å². The Balaban J connectivity index is 1.88. The molecule has 6 heteroatoms. The first-order valence-electron chi connectivity index (χ1n) is 10.6. The Morgan fingerprint density at radius 1 is 1.28 bits per heavy atom. The summed E-state index contributed by atoms with van der Waals surface area (Å²) in [6.45, 7) is 10.9. The molecule has 1 aliphatic rings. The van der Waals surface area contributed by atoms with E-state index in [2.05, 4.69) is 30.9 Å². The second-order valence-electron chi connectivity index (χ2n) is 8.64. The summed E-state index contributed by atoms with van der Waals surface area (Å²) in [5, 5.41) is 16.5. The number of thioether (sulfide) groups is 1. The normalized spacial score (nSPS) is 16.5. The van der Waals surface area contributed by atoms with Crippen molar-refractivity contribution in [1.82, 2.24) is 5.32 Å². The van der Waals surface area contributed by atoms with Gasteiger partial charge in [0.15, 0.2) is 0 Å². The van der Waals surface area contributed by atoms with Gasteiger partial charge in [-0.1, -0.05) is 80.2 Å². The number of benzene rings is 1. The van der Waals surface area contributed by atoms with E-state index in [4.69, 9.17) is 0 Å². The van der Waals surface area contributed by atoms with E-state index in [1.807, 2.05) is 61.6 Å². The van der Waals surface area contributed by atoms with E-state index in [1.54, 1.807) is 11.8 Å². The molecule has 168 valence electrons. The Labute approximate surface area is 198 Å². The van der Waals surface area contributed by atoms with E-state index in [9.17, 15) is 10.0 Å². The number of hydrogen-bond acceptors (Lipinski definition) is 5. The van der Waals surface area contributed by atoms with Crippen LogP contribution in [0, 0.1) is 5.41 Å². The van der Waals surface area contributed by atoms with Crippen LogP contribution in [-0.2, 0) is 13.0 Å². The second-order valence-corrected chi connectivity index (χ2v) is 10.9. The lowest BCUT2D eigenvalue weighted by molar-refractivity contribution is 0.0953. The van der Waals surface area contributed by atoms with E-state index in [-0.39, 0.29) is 11.3 Å². The van der Waals surface area contributed by atoms with Gasteiger partial charge in [0.25, 0.3) is 5.91 Å². The lowest BCUT2D eigenvalue weighted by Crippen LogP contribution is -2.30. The number of oxime groups is 1. The van der Waals surface area contributed by atoms with Crippen molar-refractivity contribution in [3.63, 3.8) is 0 Å². The summed E-state index contributed by atoms with van der Waals surface area (Å²) in [7, 11) is 0. The molecule has 0 atom stereocenters. The summed E-state index contributed by atoms with van der Waals surface area (Å²) in [4.78, 5) is 13.9. The van der Waals surface area contributed by atoms with Gasteiger partial charge in [-0.05, 0) is 41.9 Å². The molecule has 0 aliphatic heterocycles. The molecule has 0 unspecified atom stereocenters. The molecule has 1 aromatic carbocycles. The second kappa shape index (κ2) is 10.8. The Morgan fingerprint density at radius 2 is 2.03 bits per heavy atom. The fourth-order valence-electron chi connectivity index (χ4n) is 3.72. The molecule has 2 aromatic rings. The molecule has 0 saturated carbocycles. The third-order valence-corrected chi connectivity index (χ3v) is 7.82. The zero-order valence-corrected chi connectivity index (χ0v) is 20.5. The molecule has 3 rings (SSSR count). The van der Waals surface area contributed by atoms with E-state index in [0.29, 0.717) is 29.3 Å². The van der Waals surface area contributed by atoms with Crippen LogP contribution >= 0.6 is 23.1 Å². The van der Waals surface area contributed by atoms with Crippen LogP contribution in [0.5, 0.6) is 0 Å². The Kier molecular flexibility index (Phi) is 8.15. The zero-order valence-electron chi connectivity index (χ0n) is 18.9. The summed E-state index contributed by atoms with van der Waals surface area (Å²) in [5.41, 5.74) is 4.54.